The lowest BCUT2D eigenvalue weighted by Crippen LogP contribution is -2.39. The summed E-state index contributed by atoms with van der Waals surface area (Å²) in [6, 6.07) is 2.98. The number of hydrogen-bond donors (Lipinski definition) is 2. The highest BCUT2D eigenvalue weighted by molar-refractivity contribution is 7.10. The smallest absolute Gasteiger partial charge is 0.326 e. The van der Waals surface area contributed by atoms with E-state index in [1.54, 1.807) is 6.08 Å². The summed E-state index contributed by atoms with van der Waals surface area (Å²) in [6.45, 7) is 1.98. The first kappa shape index (κ1) is 14.4. The Morgan fingerprint density at radius 2 is 2.33 bits per heavy atom. The van der Waals surface area contributed by atoms with Crippen molar-refractivity contribution in [3.63, 3.8) is 0 Å². The molecule has 1 rings (SSSR count). The Kier molecular flexibility index (Phi) is 6.14. The fraction of sp³-hybridized carbons (Fsp3) is 0.385. The average Bonchev–Trinajstić information content (AvgIpc) is 2.84. The number of hydrogen-bond acceptors (Lipinski definition) is 3. The van der Waals surface area contributed by atoms with Gasteiger partial charge in [-0.05, 0) is 23.9 Å². The Bertz CT molecular complexity index is 412. The molecule has 1 amide bonds. The van der Waals surface area contributed by atoms with Gasteiger partial charge in [0, 0.05) is 11.0 Å². The van der Waals surface area contributed by atoms with Crippen molar-refractivity contribution >= 4 is 29.3 Å². The molecular formula is C13H17NO3S. The third-order valence-electron chi connectivity index (χ3n) is 2.40. The standard InChI is InChI=1S/C13H17NO3S/c1-2-3-6-11(13(16)17)14-12(15)8-7-10-5-4-9-18-10/h4-5,7-9,11H,2-3,6H2,1H3,(H,14,15)(H,16,17)/b8-7+. The van der Waals surface area contributed by atoms with Crippen LogP contribution in [0.4, 0.5) is 0 Å². The minimum absolute atomic E-state index is 0.369. The van der Waals surface area contributed by atoms with Crippen molar-refractivity contribution in [1.29, 1.82) is 0 Å². The predicted octanol–water partition coefficient (Wildman–Crippen LogP) is 2.52. The van der Waals surface area contributed by atoms with E-state index in [2.05, 4.69) is 5.32 Å². The zero-order valence-corrected chi connectivity index (χ0v) is 11.1. The van der Waals surface area contributed by atoms with Crippen molar-refractivity contribution in [3.8, 4) is 0 Å². The van der Waals surface area contributed by atoms with Crippen molar-refractivity contribution in [2.75, 3.05) is 0 Å². The first-order chi connectivity index (χ1) is 8.63. The molecule has 0 bridgehead atoms. The van der Waals surface area contributed by atoms with E-state index < -0.39 is 12.0 Å². The average molecular weight is 267 g/mol. The lowest BCUT2D eigenvalue weighted by Gasteiger charge is -2.12. The predicted molar refractivity (Wildman–Crippen MR) is 72.4 cm³/mol. The molecule has 5 heteroatoms. The summed E-state index contributed by atoms with van der Waals surface area (Å²) in [5.74, 6) is -1.35. The van der Waals surface area contributed by atoms with Crippen LogP contribution in [-0.2, 0) is 9.59 Å². The minimum Gasteiger partial charge on any atom is -0.480 e. The van der Waals surface area contributed by atoms with E-state index in [9.17, 15) is 9.59 Å². The van der Waals surface area contributed by atoms with E-state index >= 15 is 0 Å². The number of carbonyl (C=O) groups excluding carboxylic acids is 1. The minimum atomic E-state index is -0.985. The molecule has 0 radical (unpaired) electrons. The van der Waals surface area contributed by atoms with Gasteiger partial charge in [0.1, 0.15) is 6.04 Å². The number of unbranched alkanes of at least 4 members (excludes halogenated alkanes) is 1. The summed E-state index contributed by atoms with van der Waals surface area (Å²) >= 11 is 1.52. The highest BCUT2D eigenvalue weighted by Crippen LogP contribution is 2.10. The van der Waals surface area contributed by atoms with Gasteiger partial charge >= 0.3 is 5.97 Å². The van der Waals surface area contributed by atoms with E-state index in [0.717, 1.165) is 17.7 Å². The molecule has 0 saturated carbocycles. The van der Waals surface area contributed by atoms with Gasteiger partial charge in [0.05, 0.1) is 0 Å². The van der Waals surface area contributed by atoms with Gasteiger partial charge in [0.15, 0.2) is 0 Å². The molecule has 0 spiro atoms. The molecule has 1 atom stereocenters. The largest absolute Gasteiger partial charge is 0.480 e. The first-order valence-electron chi connectivity index (χ1n) is 5.88. The normalized spacial score (nSPS) is 12.5. The highest BCUT2D eigenvalue weighted by atomic mass is 32.1. The number of carboxylic acids is 1. The zero-order chi connectivity index (χ0) is 13.4. The Hall–Kier alpha value is -1.62. The maximum Gasteiger partial charge on any atom is 0.326 e. The van der Waals surface area contributed by atoms with Crippen LogP contribution in [0.5, 0.6) is 0 Å². The van der Waals surface area contributed by atoms with Crippen molar-refractivity contribution in [2.45, 2.75) is 32.2 Å². The van der Waals surface area contributed by atoms with Gasteiger partial charge in [-0.2, -0.15) is 0 Å². The number of amides is 1. The molecule has 1 aromatic heterocycles. The van der Waals surface area contributed by atoms with Gasteiger partial charge in [-0.3, -0.25) is 4.79 Å². The Labute approximate surface area is 110 Å². The summed E-state index contributed by atoms with van der Waals surface area (Å²) < 4.78 is 0. The molecule has 0 aromatic carbocycles. The molecule has 1 heterocycles. The maximum atomic E-state index is 11.6. The zero-order valence-electron chi connectivity index (χ0n) is 10.3. The summed E-state index contributed by atoms with van der Waals surface area (Å²) in [7, 11) is 0. The van der Waals surface area contributed by atoms with E-state index in [-0.39, 0.29) is 5.91 Å². The van der Waals surface area contributed by atoms with Crippen molar-refractivity contribution in [2.24, 2.45) is 0 Å². The lowest BCUT2D eigenvalue weighted by molar-refractivity contribution is -0.141. The second kappa shape index (κ2) is 7.66. The van der Waals surface area contributed by atoms with Crippen LogP contribution in [0, 0.1) is 0 Å². The lowest BCUT2D eigenvalue weighted by atomic mass is 10.1. The summed E-state index contributed by atoms with van der Waals surface area (Å²) in [6.07, 6.45) is 5.20. The second-order valence-electron chi connectivity index (χ2n) is 3.89. The summed E-state index contributed by atoms with van der Waals surface area (Å²) in [5.41, 5.74) is 0. The monoisotopic (exact) mass is 267 g/mol. The molecule has 0 aliphatic carbocycles. The fourth-order valence-electron chi connectivity index (χ4n) is 1.43. The van der Waals surface area contributed by atoms with Crippen LogP contribution in [0.2, 0.25) is 0 Å². The highest BCUT2D eigenvalue weighted by Gasteiger charge is 2.17. The molecular weight excluding hydrogens is 250 g/mol. The van der Waals surface area contributed by atoms with Crippen molar-refractivity contribution in [1.82, 2.24) is 5.32 Å². The molecule has 1 unspecified atom stereocenters. The first-order valence-corrected chi connectivity index (χ1v) is 6.76. The van der Waals surface area contributed by atoms with Crippen molar-refractivity contribution < 1.29 is 14.7 Å². The van der Waals surface area contributed by atoms with E-state index in [0.29, 0.717) is 6.42 Å². The number of rotatable bonds is 7. The number of carboxylic acid groups (broad SMARTS) is 1. The van der Waals surface area contributed by atoms with Crippen LogP contribution in [0.1, 0.15) is 31.1 Å². The topological polar surface area (TPSA) is 66.4 Å². The van der Waals surface area contributed by atoms with Crippen LogP contribution in [0.15, 0.2) is 23.6 Å². The summed E-state index contributed by atoms with van der Waals surface area (Å²) in [4.78, 5) is 23.5. The molecule has 0 aliphatic rings. The number of aliphatic carboxylic acids is 1. The van der Waals surface area contributed by atoms with Gasteiger partial charge in [-0.1, -0.05) is 25.8 Å². The van der Waals surface area contributed by atoms with Crippen LogP contribution in [0.25, 0.3) is 6.08 Å². The maximum absolute atomic E-state index is 11.6. The number of nitrogens with one attached hydrogen (secondary N) is 1. The SMILES string of the molecule is CCCCC(NC(=O)/C=C/c1cccs1)C(=O)O. The fourth-order valence-corrected chi connectivity index (χ4v) is 2.05. The van der Waals surface area contributed by atoms with Gasteiger partial charge in [0.25, 0.3) is 0 Å². The van der Waals surface area contributed by atoms with Crippen LogP contribution in [-0.4, -0.2) is 23.0 Å². The molecule has 0 saturated heterocycles. The van der Waals surface area contributed by atoms with Gasteiger partial charge in [-0.25, -0.2) is 4.79 Å². The van der Waals surface area contributed by atoms with Crippen LogP contribution >= 0.6 is 11.3 Å². The molecule has 4 nitrogen and oxygen atoms in total. The Morgan fingerprint density at radius 3 is 2.89 bits per heavy atom. The van der Waals surface area contributed by atoms with Gasteiger partial charge < -0.3 is 10.4 Å². The third kappa shape index (κ3) is 5.14. The molecule has 98 valence electrons. The number of thiophene rings is 1. The van der Waals surface area contributed by atoms with E-state index in [1.807, 2.05) is 24.4 Å². The van der Waals surface area contributed by atoms with Gasteiger partial charge in [0.2, 0.25) is 5.91 Å². The van der Waals surface area contributed by atoms with Crippen molar-refractivity contribution in [3.05, 3.63) is 28.5 Å². The van der Waals surface area contributed by atoms with Crippen LogP contribution < -0.4 is 5.32 Å². The van der Waals surface area contributed by atoms with Gasteiger partial charge in [-0.15, -0.1) is 11.3 Å². The molecule has 2 N–H and O–H groups in total. The van der Waals surface area contributed by atoms with E-state index in [4.69, 9.17) is 5.11 Å². The summed E-state index contributed by atoms with van der Waals surface area (Å²) in [5, 5.41) is 13.4. The molecule has 18 heavy (non-hydrogen) atoms. The van der Waals surface area contributed by atoms with E-state index in [1.165, 1.54) is 17.4 Å². The molecule has 0 fully saturated rings. The quantitative estimate of drug-likeness (QED) is 0.746. The molecule has 0 aliphatic heterocycles. The Balaban J connectivity index is 2.48. The Morgan fingerprint density at radius 1 is 1.56 bits per heavy atom. The second-order valence-corrected chi connectivity index (χ2v) is 4.87. The number of carbonyl (C=O) groups is 2. The van der Waals surface area contributed by atoms with Crippen LogP contribution in [0.3, 0.4) is 0 Å². The third-order valence-corrected chi connectivity index (χ3v) is 3.24. The molecule has 1 aromatic rings.